The van der Waals surface area contributed by atoms with Crippen LogP contribution in [0.4, 0.5) is 0 Å². The Morgan fingerprint density at radius 2 is 2.44 bits per heavy atom. The van der Waals surface area contributed by atoms with Gasteiger partial charge in [0.15, 0.2) is 4.96 Å². The van der Waals surface area contributed by atoms with Crippen LogP contribution in [0.15, 0.2) is 22.4 Å². The van der Waals surface area contributed by atoms with Crippen LogP contribution < -0.4 is 11.3 Å². The van der Waals surface area contributed by atoms with Gasteiger partial charge in [-0.15, -0.1) is 11.3 Å². The average Bonchev–Trinajstić information content (AvgIpc) is 2.73. The molecule has 0 aromatic carbocycles. The third-order valence-electron chi connectivity index (χ3n) is 2.10. The van der Waals surface area contributed by atoms with E-state index in [1.165, 1.54) is 11.3 Å². The molecule has 0 spiro atoms. The highest BCUT2D eigenvalue weighted by molar-refractivity contribution is 7.98. The molecule has 2 rings (SSSR count). The normalized spacial score (nSPS) is 11.1. The van der Waals surface area contributed by atoms with E-state index in [4.69, 9.17) is 5.73 Å². The van der Waals surface area contributed by atoms with Gasteiger partial charge in [0.25, 0.3) is 5.56 Å². The van der Waals surface area contributed by atoms with Crippen molar-refractivity contribution in [1.29, 1.82) is 0 Å². The Kier molecular flexibility index (Phi) is 3.98. The van der Waals surface area contributed by atoms with Gasteiger partial charge < -0.3 is 5.73 Å². The van der Waals surface area contributed by atoms with Crippen molar-refractivity contribution in [1.82, 2.24) is 9.38 Å². The molecule has 6 heteroatoms. The molecule has 0 bridgehead atoms. The van der Waals surface area contributed by atoms with E-state index in [9.17, 15) is 4.79 Å². The number of thioether (sulfide) groups is 1. The van der Waals surface area contributed by atoms with Crippen molar-refractivity contribution in [2.45, 2.75) is 12.2 Å². The van der Waals surface area contributed by atoms with E-state index in [1.807, 2.05) is 5.38 Å². The summed E-state index contributed by atoms with van der Waals surface area (Å²) in [5, 5.41) is 1.87. The minimum atomic E-state index is 0.000625. The largest absolute Gasteiger partial charge is 0.330 e. The van der Waals surface area contributed by atoms with Gasteiger partial charge in [-0.1, -0.05) is 0 Å². The lowest BCUT2D eigenvalue weighted by atomic mass is 10.4. The third kappa shape index (κ3) is 2.63. The lowest BCUT2D eigenvalue weighted by Gasteiger charge is -2.00. The summed E-state index contributed by atoms with van der Waals surface area (Å²) < 4.78 is 1.57. The van der Waals surface area contributed by atoms with Crippen LogP contribution >= 0.6 is 23.1 Å². The van der Waals surface area contributed by atoms with Crippen molar-refractivity contribution < 1.29 is 0 Å². The molecule has 0 amide bonds. The fraction of sp³-hybridized carbons (Fsp3) is 0.400. The van der Waals surface area contributed by atoms with Crippen molar-refractivity contribution in [2.75, 3.05) is 12.3 Å². The van der Waals surface area contributed by atoms with E-state index in [0.29, 0.717) is 6.54 Å². The molecule has 0 atom stereocenters. The maximum Gasteiger partial charge on any atom is 0.258 e. The molecule has 86 valence electrons. The summed E-state index contributed by atoms with van der Waals surface area (Å²) in [4.78, 5) is 16.8. The predicted molar refractivity (Wildman–Crippen MR) is 69.2 cm³/mol. The first kappa shape index (κ1) is 11.6. The first-order valence-electron chi connectivity index (χ1n) is 5.05. The maximum absolute atomic E-state index is 11.6. The van der Waals surface area contributed by atoms with Crippen molar-refractivity contribution in [2.24, 2.45) is 5.73 Å². The van der Waals surface area contributed by atoms with Gasteiger partial charge in [0, 0.05) is 23.4 Å². The van der Waals surface area contributed by atoms with Gasteiger partial charge in [-0.05, 0) is 18.7 Å². The minimum Gasteiger partial charge on any atom is -0.330 e. The smallest absolute Gasteiger partial charge is 0.258 e. The van der Waals surface area contributed by atoms with Crippen LogP contribution in [0, 0.1) is 0 Å². The van der Waals surface area contributed by atoms with E-state index in [2.05, 4.69) is 4.98 Å². The molecule has 0 fully saturated rings. The van der Waals surface area contributed by atoms with Crippen molar-refractivity contribution >= 4 is 28.1 Å². The third-order valence-corrected chi connectivity index (χ3v) is 3.93. The van der Waals surface area contributed by atoms with Gasteiger partial charge in [-0.25, -0.2) is 4.98 Å². The van der Waals surface area contributed by atoms with Gasteiger partial charge in [-0.3, -0.25) is 9.20 Å². The Balaban J connectivity index is 2.10. The van der Waals surface area contributed by atoms with Gasteiger partial charge in [-0.2, -0.15) is 11.8 Å². The van der Waals surface area contributed by atoms with Crippen LogP contribution in [0.5, 0.6) is 0 Å². The summed E-state index contributed by atoms with van der Waals surface area (Å²) in [6.07, 6.45) is 2.76. The molecule has 16 heavy (non-hydrogen) atoms. The van der Waals surface area contributed by atoms with E-state index in [-0.39, 0.29) is 5.56 Å². The molecule has 0 radical (unpaired) electrons. The van der Waals surface area contributed by atoms with E-state index in [1.54, 1.807) is 28.4 Å². The molecular formula is C10H13N3OS2. The van der Waals surface area contributed by atoms with Gasteiger partial charge in [0.05, 0.1) is 5.69 Å². The fourth-order valence-electron chi connectivity index (χ4n) is 1.32. The van der Waals surface area contributed by atoms with E-state index < -0.39 is 0 Å². The highest BCUT2D eigenvalue weighted by Crippen LogP contribution is 2.12. The molecule has 0 saturated heterocycles. The standard InChI is InChI=1S/C10H13N3OS2/c11-2-1-4-15-7-8-6-9(14)13-3-5-16-10(13)12-8/h3,5-6H,1-2,4,7,11H2. The van der Waals surface area contributed by atoms with Gasteiger partial charge in [0.2, 0.25) is 0 Å². The molecule has 0 unspecified atom stereocenters. The second-order valence-electron chi connectivity index (χ2n) is 3.34. The topological polar surface area (TPSA) is 60.4 Å². The molecular weight excluding hydrogens is 242 g/mol. The van der Waals surface area contributed by atoms with Crippen LogP contribution in [0.1, 0.15) is 12.1 Å². The summed E-state index contributed by atoms with van der Waals surface area (Å²) in [5.41, 5.74) is 6.27. The van der Waals surface area contributed by atoms with Crippen LogP contribution in [0.3, 0.4) is 0 Å². The summed E-state index contributed by atoms with van der Waals surface area (Å²) in [6.45, 7) is 0.715. The molecule has 0 aliphatic rings. The number of nitrogens with two attached hydrogens (primary N) is 1. The number of aromatic nitrogens is 2. The first-order valence-corrected chi connectivity index (χ1v) is 7.08. The molecule has 4 nitrogen and oxygen atoms in total. The van der Waals surface area contributed by atoms with Gasteiger partial charge >= 0.3 is 0 Å². The Morgan fingerprint density at radius 3 is 3.25 bits per heavy atom. The van der Waals surface area contributed by atoms with Crippen LogP contribution in [-0.4, -0.2) is 21.7 Å². The molecule has 2 N–H and O–H groups in total. The number of hydrogen-bond donors (Lipinski definition) is 1. The Bertz CT molecular complexity index is 520. The summed E-state index contributed by atoms with van der Waals surface area (Å²) in [5.74, 6) is 1.80. The highest BCUT2D eigenvalue weighted by atomic mass is 32.2. The molecule has 0 saturated carbocycles. The lowest BCUT2D eigenvalue weighted by molar-refractivity contribution is 0.942. The van der Waals surface area contributed by atoms with Crippen LogP contribution in [-0.2, 0) is 5.75 Å². The summed E-state index contributed by atoms with van der Waals surface area (Å²) in [7, 11) is 0. The zero-order valence-corrected chi connectivity index (χ0v) is 10.4. The number of fused-ring (bicyclic) bond motifs is 1. The number of nitrogens with zero attached hydrogens (tertiary/aromatic N) is 2. The van der Waals surface area contributed by atoms with Crippen molar-refractivity contribution in [3.8, 4) is 0 Å². The first-order chi connectivity index (χ1) is 7.81. The minimum absolute atomic E-state index is 0.000625. The second-order valence-corrected chi connectivity index (χ2v) is 5.31. The number of thiazole rings is 1. The Labute approximate surface area is 102 Å². The average molecular weight is 255 g/mol. The monoisotopic (exact) mass is 255 g/mol. The van der Waals surface area contributed by atoms with Gasteiger partial charge in [0.1, 0.15) is 0 Å². The maximum atomic E-state index is 11.6. The van der Waals surface area contributed by atoms with Crippen LogP contribution in [0.25, 0.3) is 4.96 Å². The van der Waals surface area contributed by atoms with Crippen LogP contribution in [0.2, 0.25) is 0 Å². The van der Waals surface area contributed by atoms with Crippen molar-refractivity contribution in [3.05, 3.63) is 33.7 Å². The molecule has 2 aromatic rings. The van der Waals surface area contributed by atoms with E-state index >= 15 is 0 Å². The molecule has 0 aliphatic heterocycles. The Morgan fingerprint density at radius 1 is 1.56 bits per heavy atom. The SMILES string of the molecule is NCCCSCc1cc(=O)n2ccsc2n1. The molecule has 0 aliphatic carbocycles. The summed E-state index contributed by atoms with van der Waals surface area (Å²) in [6, 6.07) is 1.61. The number of rotatable bonds is 5. The zero-order chi connectivity index (χ0) is 11.4. The molecule has 2 heterocycles. The Hall–Kier alpha value is -0.850. The second kappa shape index (κ2) is 5.47. The summed E-state index contributed by atoms with van der Waals surface area (Å²) >= 11 is 3.25. The zero-order valence-electron chi connectivity index (χ0n) is 8.76. The lowest BCUT2D eigenvalue weighted by Crippen LogP contribution is -2.12. The quantitative estimate of drug-likeness (QED) is 0.819. The highest BCUT2D eigenvalue weighted by Gasteiger charge is 2.02. The predicted octanol–water partition coefficient (Wildman–Crippen LogP) is 1.34. The van der Waals surface area contributed by atoms with E-state index in [0.717, 1.165) is 28.6 Å². The van der Waals surface area contributed by atoms with Crippen molar-refractivity contribution in [3.63, 3.8) is 0 Å². The number of hydrogen-bond acceptors (Lipinski definition) is 5. The molecule has 2 aromatic heterocycles. The fourth-order valence-corrected chi connectivity index (χ4v) is 2.93.